The van der Waals surface area contributed by atoms with E-state index >= 15 is 0 Å². The summed E-state index contributed by atoms with van der Waals surface area (Å²) in [6.07, 6.45) is 0. The maximum Gasteiger partial charge on any atom is 0.0485 e. The monoisotopic (exact) mass is 225 g/mol. The lowest BCUT2D eigenvalue weighted by atomic mass is 10.1. The van der Waals surface area contributed by atoms with Gasteiger partial charge in [-0.15, -0.1) is 0 Å². The second-order valence-corrected chi connectivity index (χ2v) is 5.67. The predicted octanol–water partition coefficient (Wildman–Crippen LogP) is 2.05. The third-order valence-corrected chi connectivity index (χ3v) is 3.80. The van der Waals surface area contributed by atoms with Gasteiger partial charge in [-0.05, 0) is 17.0 Å². The van der Waals surface area contributed by atoms with Crippen molar-refractivity contribution in [2.75, 3.05) is 5.75 Å². The van der Waals surface area contributed by atoms with Crippen molar-refractivity contribution in [3.8, 4) is 0 Å². The Morgan fingerprint density at radius 2 is 1.73 bits per heavy atom. The Morgan fingerprint density at radius 1 is 1.20 bits per heavy atom. The van der Waals surface area contributed by atoms with Crippen LogP contribution in [-0.4, -0.2) is 9.96 Å². The van der Waals surface area contributed by atoms with E-state index in [1.54, 1.807) is 0 Å². The Labute approximate surface area is 94.3 Å². The molecule has 0 saturated carbocycles. The van der Waals surface area contributed by atoms with Crippen LogP contribution in [0.15, 0.2) is 24.3 Å². The molecule has 0 radical (unpaired) electrons. The minimum absolute atomic E-state index is 0.495. The molecule has 2 nitrogen and oxygen atoms in total. The lowest BCUT2D eigenvalue weighted by Gasteiger charge is -2.05. The summed E-state index contributed by atoms with van der Waals surface area (Å²) < 4.78 is 11.7. The molecule has 2 N–H and O–H groups in total. The Kier molecular flexibility index (Phi) is 4.99. The molecule has 84 valence electrons. The Bertz CT molecular complexity index is 319. The Balaban J connectivity index is 2.53. The van der Waals surface area contributed by atoms with Crippen molar-refractivity contribution in [1.82, 2.24) is 0 Å². The molecule has 1 rings (SSSR count). The quantitative estimate of drug-likeness (QED) is 0.833. The molecule has 0 heterocycles. The molecule has 0 aliphatic heterocycles. The average Bonchev–Trinajstić information content (AvgIpc) is 2.17. The summed E-state index contributed by atoms with van der Waals surface area (Å²) in [5.41, 5.74) is 7.76. The molecular formula is C12H19NOS. The van der Waals surface area contributed by atoms with Gasteiger partial charge in [0.1, 0.15) is 0 Å². The minimum atomic E-state index is -0.741. The number of hydrogen-bond donors (Lipinski definition) is 1. The number of rotatable bonds is 5. The SMILES string of the molecule is CC(C)CS(=O)Cc1ccc(CN)cc1. The van der Waals surface area contributed by atoms with Gasteiger partial charge >= 0.3 is 0 Å². The van der Waals surface area contributed by atoms with E-state index in [9.17, 15) is 4.21 Å². The molecule has 0 fully saturated rings. The van der Waals surface area contributed by atoms with Crippen LogP contribution in [0.1, 0.15) is 25.0 Å². The standard InChI is InChI=1S/C12H19NOS/c1-10(2)8-15(14)9-12-5-3-11(7-13)4-6-12/h3-6,10H,7-9,13H2,1-2H3. The molecule has 0 aliphatic carbocycles. The summed E-state index contributed by atoms with van der Waals surface area (Å²) in [4.78, 5) is 0. The van der Waals surface area contributed by atoms with Crippen LogP contribution in [0.5, 0.6) is 0 Å². The van der Waals surface area contributed by atoms with Crippen molar-refractivity contribution in [3.05, 3.63) is 35.4 Å². The Morgan fingerprint density at radius 3 is 2.20 bits per heavy atom. The summed E-state index contributed by atoms with van der Waals surface area (Å²) in [6.45, 7) is 4.75. The van der Waals surface area contributed by atoms with Crippen molar-refractivity contribution in [2.45, 2.75) is 26.1 Å². The highest BCUT2D eigenvalue weighted by molar-refractivity contribution is 7.84. The van der Waals surface area contributed by atoms with Gasteiger partial charge in [0.05, 0.1) is 0 Å². The van der Waals surface area contributed by atoms with Gasteiger partial charge in [0.2, 0.25) is 0 Å². The van der Waals surface area contributed by atoms with Crippen LogP contribution < -0.4 is 5.73 Å². The normalized spacial score (nSPS) is 13.1. The average molecular weight is 225 g/mol. The van der Waals surface area contributed by atoms with E-state index in [1.165, 1.54) is 0 Å². The highest BCUT2D eigenvalue weighted by Gasteiger charge is 2.04. The molecule has 0 amide bonds. The van der Waals surface area contributed by atoms with E-state index in [0.29, 0.717) is 18.2 Å². The van der Waals surface area contributed by atoms with E-state index in [1.807, 2.05) is 24.3 Å². The molecule has 1 aromatic rings. The van der Waals surface area contributed by atoms with Crippen molar-refractivity contribution < 1.29 is 4.21 Å². The highest BCUT2D eigenvalue weighted by Crippen LogP contribution is 2.08. The van der Waals surface area contributed by atoms with Gasteiger partial charge in [-0.2, -0.15) is 0 Å². The van der Waals surface area contributed by atoms with Crippen LogP contribution in [0.2, 0.25) is 0 Å². The van der Waals surface area contributed by atoms with Gasteiger partial charge < -0.3 is 5.73 Å². The van der Waals surface area contributed by atoms with Gasteiger partial charge in [0, 0.05) is 28.9 Å². The zero-order chi connectivity index (χ0) is 11.3. The van der Waals surface area contributed by atoms with E-state index < -0.39 is 10.8 Å². The molecule has 1 unspecified atom stereocenters. The molecule has 0 spiro atoms. The fourth-order valence-corrected chi connectivity index (χ4v) is 2.81. The number of hydrogen-bond acceptors (Lipinski definition) is 2. The van der Waals surface area contributed by atoms with Crippen LogP contribution in [0.25, 0.3) is 0 Å². The molecule has 3 heteroatoms. The third kappa shape index (κ3) is 4.58. The summed E-state index contributed by atoms with van der Waals surface area (Å²) in [6, 6.07) is 8.03. The molecule has 1 atom stereocenters. The number of nitrogens with two attached hydrogens (primary N) is 1. The first-order valence-electron chi connectivity index (χ1n) is 5.24. The second kappa shape index (κ2) is 6.03. The summed E-state index contributed by atoms with van der Waals surface area (Å²) in [5, 5.41) is 0. The van der Waals surface area contributed by atoms with Crippen LogP contribution in [0.3, 0.4) is 0 Å². The summed E-state index contributed by atoms with van der Waals surface area (Å²) >= 11 is 0. The van der Waals surface area contributed by atoms with Crippen LogP contribution >= 0.6 is 0 Å². The maximum absolute atomic E-state index is 11.7. The molecule has 0 bridgehead atoms. The fraction of sp³-hybridized carbons (Fsp3) is 0.500. The molecule has 15 heavy (non-hydrogen) atoms. The van der Waals surface area contributed by atoms with Gasteiger partial charge in [-0.1, -0.05) is 38.1 Å². The topological polar surface area (TPSA) is 43.1 Å². The fourth-order valence-electron chi connectivity index (χ4n) is 1.39. The number of benzene rings is 1. The zero-order valence-electron chi connectivity index (χ0n) is 9.40. The first kappa shape index (κ1) is 12.4. The van der Waals surface area contributed by atoms with Crippen LogP contribution in [0, 0.1) is 5.92 Å². The Hall–Kier alpha value is -0.670. The smallest absolute Gasteiger partial charge is 0.0485 e. The van der Waals surface area contributed by atoms with Gasteiger partial charge in [-0.25, -0.2) is 0 Å². The predicted molar refractivity (Wildman–Crippen MR) is 65.9 cm³/mol. The zero-order valence-corrected chi connectivity index (χ0v) is 10.2. The van der Waals surface area contributed by atoms with Gasteiger partial charge in [-0.3, -0.25) is 4.21 Å². The maximum atomic E-state index is 11.7. The van der Waals surface area contributed by atoms with E-state index in [2.05, 4.69) is 13.8 Å². The minimum Gasteiger partial charge on any atom is -0.326 e. The summed E-state index contributed by atoms with van der Waals surface area (Å²) in [7, 11) is -0.741. The first-order valence-corrected chi connectivity index (χ1v) is 6.73. The molecule has 0 aliphatic rings. The summed E-state index contributed by atoms with van der Waals surface area (Å²) in [5.74, 6) is 1.93. The lowest BCUT2D eigenvalue weighted by Crippen LogP contribution is -2.06. The van der Waals surface area contributed by atoms with Gasteiger partial charge in [0.15, 0.2) is 0 Å². The van der Waals surface area contributed by atoms with E-state index in [0.717, 1.165) is 16.9 Å². The molecular weight excluding hydrogens is 206 g/mol. The second-order valence-electron chi connectivity index (χ2n) is 4.17. The first-order chi connectivity index (χ1) is 7.11. The van der Waals surface area contributed by atoms with Crippen molar-refractivity contribution >= 4 is 10.8 Å². The van der Waals surface area contributed by atoms with Crippen molar-refractivity contribution in [1.29, 1.82) is 0 Å². The van der Waals surface area contributed by atoms with Crippen molar-refractivity contribution in [2.24, 2.45) is 11.7 Å². The largest absolute Gasteiger partial charge is 0.326 e. The van der Waals surface area contributed by atoms with E-state index in [-0.39, 0.29) is 0 Å². The van der Waals surface area contributed by atoms with Crippen molar-refractivity contribution in [3.63, 3.8) is 0 Å². The molecule has 0 aromatic heterocycles. The lowest BCUT2D eigenvalue weighted by molar-refractivity contribution is 0.664. The molecule has 0 saturated heterocycles. The third-order valence-electron chi connectivity index (χ3n) is 2.11. The van der Waals surface area contributed by atoms with Crippen LogP contribution in [0.4, 0.5) is 0 Å². The van der Waals surface area contributed by atoms with E-state index in [4.69, 9.17) is 5.73 Å². The van der Waals surface area contributed by atoms with Gasteiger partial charge in [0.25, 0.3) is 0 Å². The molecule has 1 aromatic carbocycles. The highest BCUT2D eigenvalue weighted by atomic mass is 32.2. The van der Waals surface area contributed by atoms with Crippen LogP contribution in [-0.2, 0) is 23.1 Å².